The largest absolute Gasteiger partial charge is 0.427 e. The average molecular weight is 466 g/mol. The molecule has 2 aromatic carbocycles. The molecule has 0 radical (unpaired) electrons. The van der Waals surface area contributed by atoms with Crippen molar-refractivity contribution in [3.05, 3.63) is 53.1 Å². The molecule has 6 rings (SSSR count). The van der Waals surface area contributed by atoms with Gasteiger partial charge in [-0.25, -0.2) is 4.90 Å². The maximum absolute atomic E-state index is 13.9. The number of imide groups is 1. The first-order valence-electron chi connectivity index (χ1n) is 10.9. The summed E-state index contributed by atoms with van der Waals surface area (Å²) in [4.78, 5) is 55.5. The van der Waals surface area contributed by atoms with Crippen LogP contribution >= 0.6 is 11.6 Å². The number of nitrogens with one attached hydrogen (secondary N) is 1. The minimum absolute atomic E-state index is 0.201. The summed E-state index contributed by atoms with van der Waals surface area (Å²) in [5.74, 6) is -2.59. The summed E-state index contributed by atoms with van der Waals surface area (Å²) < 4.78 is 5.06. The fourth-order valence-corrected chi connectivity index (χ4v) is 6.43. The number of fused-ring (bicyclic) bond motifs is 7. The predicted molar refractivity (Wildman–Crippen MR) is 119 cm³/mol. The molecule has 4 aliphatic rings. The van der Waals surface area contributed by atoms with Crippen molar-refractivity contribution in [1.29, 1.82) is 0 Å². The molecular formula is C24H20ClN3O5. The third-order valence-corrected chi connectivity index (χ3v) is 7.55. The molecule has 0 saturated carbocycles. The molecule has 8 nitrogen and oxygen atoms in total. The van der Waals surface area contributed by atoms with E-state index in [9.17, 15) is 19.2 Å². The maximum Gasteiger partial charge on any atom is 0.308 e. The van der Waals surface area contributed by atoms with Gasteiger partial charge in [0.15, 0.2) is 0 Å². The topological polar surface area (TPSA) is 96.0 Å². The molecule has 33 heavy (non-hydrogen) atoms. The van der Waals surface area contributed by atoms with Gasteiger partial charge in [0.25, 0.3) is 0 Å². The number of amides is 3. The quantitative estimate of drug-likeness (QED) is 0.416. The first-order chi connectivity index (χ1) is 15.8. The number of hydrogen-bond acceptors (Lipinski definition) is 6. The van der Waals surface area contributed by atoms with Crippen LogP contribution in [0.2, 0.25) is 5.02 Å². The van der Waals surface area contributed by atoms with Crippen LogP contribution in [0, 0.1) is 11.8 Å². The lowest BCUT2D eigenvalue weighted by atomic mass is 9.75. The first-order valence-corrected chi connectivity index (χ1v) is 11.3. The Morgan fingerprint density at radius 1 is 1.12 bits per heavy atom. The van der Waals surface area contributed by atoms with Gasteiger partial charge in [-0.2, -0.15) is 0 Å². The Morgan fingerprint density at radius 3 is 2.61 bits per heavy atom. The van der Waals surface area contributed by atoms with Gasteiger partial charge in [-0.1, -0.05) is 11.6 Å². The third kappa shape index (κ3) is 2.56. The van der Waals surface area contributed by atoms with Crippen molar-refractivity contribution in [2.75, 3.05) is 16.8 Å². The van der Waals surface area contributed by atoms with E-state index in [-0.39, 0.29) is 17.9 Å². The molecular weight excluding hydrogens is 446 g/mol. The molecule has 0 unspecified atom stereocenters. The van der Waals surface area contributed by atoms with Crippen molar-refractivity contribution < 1.29 is 23.9 Å². The van der Waals surface area contributed by atoms with Crippen LogP contribution in [0.5, 0.6) is 5.75 Å². The van der Waals surface area contributed by atoms with Gasteiger partial charge < -0.3 is 10.1 Å². The second-order valence-corrected chi connectivity index (χ2v) is 9.35. The van der Waals surface area contributed by atoms with Crippen molar-refractivity contribution in [1.82, 2.24) is 4.90 Å². The van der Waals surface area contributed by atoms with Gasteiger partial charge in [0.05, 0.1) is 17.5 Å². The highest BCUT2D eigenvalue weighted by Gasteiger charge is 2.74. The molecule has 1 N–H and O–H groups in total. The molecule has 3 saturated heterocycles. The highest BCUT2D eigenvalue weighted by Crippen LogP contribution is 2.60. The van der Waals surface area contributed by atoms with Crippen LogP contribution in [0.3, 0.4) is 0 Å². The van der Waals surface area contributed by atoms with Gasteiger partial charge in [0, 0.05) is 29.2 Å². The Balaban J connectivity index is 1.47. The van der Waals surface area contributed by atoms with E-state index in [0.717, 1.165) is 12.8 Å². The Labute approximate surface area is 194 Å². The van der Waals surface area contributed by atoms with Crippen LogP contribution < -0.4 is 15.0 Å². The van der Waals surface area contributed by atoms with E-state index >= 15 is 0 Å². The van der Waals surface area contributed by atoms with Gasteiger partial charge in [-0.15, -0.1) is 0 Å². The van der Waals surface area contributed by atoms with Gasteiger partial charge in [0.1, 0.15) is 11.3 Å². The second-order valence-electron chi connectivity index (χ2n) is 8.92. The lowest BCUT2D eigenvalue weighted by molar-refractivity contribution is -0.135. The minimum atomic E-state index is -1.26. The number of nitrogens with zero attached hydrogens (tertiary/aromatic N) is 2. The van der Waals surface area contributed by atoms with Crippen LogP contribution in [0.25, 0.3) is 0 Å². The third-order valence-electron chi connectivity index (χ3n) is 7.31. The zero-order chi connectivity index (χ0) is 23.1. The summed E-state index contributed by atoms with van der Waals surface area (Å²) in [7, 11) is 0. The Kier molecular flexibility index (Phi) is 4.25. The smallest absolute Gasteiger partial charge is 0.308 e. The standard InChI is InChI=1S/C24H20ClN3O5/c1-12(29)33-15-7-5-14(6-8-15)28-21(30)19-18-3-2-10-27(18)24(20(19)22(28)31)16-11-13(25)4-9-17(16)26-23(24)32/h4-9,11,18-20H,2-3,10H2,1H3,(H,26,32)/t18-,19+,20+,24+/m1/s1. The Morgan fingerprint density at radius 2 is 1.88 bits per heavy atom. The van der Waals surface area contributed by atoms with E-state index in [1.165, 1.54) is 11.8 Å². The number of ether oxygens (including phenoxy) is 1. The summed E-state index contributed by atoms with van der Waals surface area (Å²) in [5.41, 5.74) is 0.415. The van der Waals surface area contributed by atoms with Crippen molar-refractivity contribution >= 4 is 46.7 Å². The SMILES string of the molecule is CC(=O)Oc1ccc(N2C(=O)[C@H]3[C@H]4CCCN4[C@]4(C(=O)Nc5ccc(Cl)cc54)[C@@H]3C2=O)cc1. The zero-order valence-corrected chi connectivity index (χ0v) is 18.5. The molecule has 3 fully saturated rings. The lowest BCUT2D eigenvalue weighted by Crippen LogP contribution is -2.54. The fourth-order valence-electron chi connectivity index (χ4n) is 6.26. The van der Waals surface area contributed by atoms with Gasteiger partial charge in [-0.05, 0) is 61.9 Å². The number of benzene rings is 2. The van der Waals surface area contributed by atoms with E-state index in [0.29, 0.717) is 34.3 Å². The molecule has 0 aromatic heterocycles. The number of esters is 1. The Hall–Kier alpha value is -3.23. The van der Waals surface area contributed by atoms with E-state index in [4.69, 9.17) is 16.3 Å². The van der Waals surface area contributed by atoms with Gasteiger partial charge in [-0.3, -0.25) is 24.1 Å². The zero-order valence-electron chi connectivity index (χ0n) is 17.7. The molecule has 4 heterocycles. The summed E-state index contributed by atoms with van der Waals surface area (Å²) in [6.07, 6.45) is 1.59. The summed E-state index contributed by atoms with van der Waals surface area (Å²) >= 11 is 6.30. The molecule has 0 aliphatic carbocycles. The molecule has 2 aromatic rings. The second kappa shape index (κ2) is 6.88. The van der Waals surface area contributed by atoms with Gasteiger partial charge >= 0.3 is 5.97 Å². The molecule has 4 atom stereocenters. The van der Waals surface area contributed by atoms with E-state index in [2.05, 4.69) is 10.2 Å². The number of carbonyl (C=O) groups excluding carboxylic acids is 4. The molecule has 0 bridgehead atoms. The number of rotatable bonds is 2. The molecule has 1 spiro atoms. The average Bonchev–Trinajstić information content (AvgIpc) is 3.47. The minimum Gasteiger partial charge on any atom is -0.427 e. The van der Waals surface area contributed by atoms with Crippen molar-refractivity contribution in [3.8, 4) is 5.75 Å². The predicted octanol–water partition coefficient (Wildman–Crippen LogP) is 2.70. The van der Waals surface area contributed by atoms with Crippen LogP contribution in [0.4, 0.5) is 11.4 Å². The Bertz CT molecular complexity index is 1250. The summed E-state index contributed by atoms with van der Waals surface area (Å²) in [6, 6.07) is 11.2. The van der Waals surface area contributed by atoms with E-state index in [1.54, 1.807) is 42.5 Å². The molecule has 168 valence electrons. The van der Waals surface area contributed by atoms with Crippen molar-refractivity contribution in [2.24, 2.45) is 11.8 Å². The lowest BCUT2D eigenvalue weighted by Gasteiger charge is -2.36. The highest BCUT2D eigenvalue weighted by atomic mass is 35.5. The summed E-state index contributed by atoms with van der Waals surface area (Å²) in [6.45, 7) is 1.93. The highest BCUT2D eigenvalue weighted by molar-refractivity contribution is 6.31. The monoisotopic (exact) mass is 465 g/mol. The van der Waals surface area contributed by atoms with Crippen LogP contribution in [0.15, 0.2) is 42.5 Å². The van der Waals surface area contributed by atoms with Crippen LogP contribution in [0.1, 0.15) is 25.3 Å². The van der Waals surface area contributed by atoms with Crippen molar-refractivity contribution in [2.45, 2.75) is 31.3 Å². The van der Waals surface area contributed by atoms with Gasteiger partial charge in [0.2, 0.25) is 17.7 Å². The van der Waals surface area contributed by atoms with Crippen LogP contribution in [-0.4, -0.2) is 41.2 Å². The molecule has 3 amide bonds. The molecule has 9 heteroatoms. The summed E-state index contributed by atoms with van der Waals surface area (Å²) in [5, 5.41) is 3.40. The number of hydrogen-bond donors (Lipinski definition) is 1. The number of halogens is 1. The van der Waals surface area contributed by atoms with Crippen LogP contribution in [-0.2, 0) is 24.7 Å². The molecule has 4 aliphatic heterocycles. The normalized spacial score (nSPS) is 29.9. The van der Waals surface area contributed by atoms with Crippen molar-refractivity contribution in [3.63, 3.8) is 0 Å². The fraction of sp³-hybridized carbons (Fsp3) is 0.333. The number of carbonyl (C=O) groups is 4. The first kappa shape index (κ1) is 20.4. The number of anilines is 2. The van der Waals surface area contributed by atoms with E-state index < -0.39 is 29.3 Å². The maximum atomic E-state index is 13.9. The van der Waals surface area contributed by atoms with E-state index in [1.807, 2.05) is 0 Å².